The number of thiophene rings is 1. The summed E-state index contributed by atoms with van der Waals surface area (Å²) in [5.41, 5.74) is 0. The Balaban J connectivity index is 1.63. The van der Waals surface area contributed by atoms with E-state index >= 15 is 0 Å². The molecule has 1 atom stereocenters. The molecule has 0 radical (unpaired) electrons. The lowest BCUT2D eigenvalue weighted by Crippen LogP contribution is -2.43. The second-order valence-corrected chi connectivity index (χ2v) is 9.70. The number of thiocarbonyl (C=S) groups is 1. The maximum absolute atomic E-state index is 12.4. The molecule has 10 heteroatoms. The van der Waals surface area contributed by atoms with Crippen molar-refractivity contribution in [3.8, 4) is 0 Å². The first-order chi connectivity index (χ1) is 11.3. The van der Waals surface area contributed by atoms with Crippen molar-refractivity contribution < 1.29 is 18.0 Å². The van der Waals surface area contributed by atoms with E-state index in [1.165, 1.54) is 22.3 Å². The highest BCUT2D eigenvalue weighted by Gasteiger charge is 2.34. The summed E-state index contributed by atoms with van der Waals surface area (Å²) in [4.78, 5) is 27.1. The summed E-state index contributed by atoms with van der Waals surface area (Å²) in [5, 5.41) is 5.57. The van der Waals surface area contributed by atoms with Crippen LogP contribution in [0, 0.1) is 0 Å². The Kier molecular flexibility index (Phi) is 4.90. The third kappa shape index (κ3) is 3.94. The molecule has 2 aliphatic rings. The predicted molar refractivity (Wildman–Crippen MR) is 99.1 cm³/mol. The molecule has 1 unspecified atom stereocenters. The fraction of sp³-hybridized carbons (Fsp3) is 0.214. The van der Waals surface area contributed by atoms with E-state index in [-0.39, 0.29) is 18.2 Å². The second-order valence-electron chi connectivity index (χ2n) is 5.12. The van der Waals surface area contributed by atoms with Gasteiger partial charge in [-0.25, -0.2) is 8.42 Å². The maximum atomic E-state index is 12.4. The Morgan fingerprint density at radius 3 is 2.92 bits per heavy atom. The Hall–Kier alpha value is -1.49. The quantitative estimate of drug-likeness (QED) is 0.607. The van der Waals surface area contributed by atoms with Gasteiger partial charge in [-0.1, -0.05) is 30.0 Å². The van der Waals surface area contributed by atoms with Crippen LogP contribution in [0.15, 0.2) is 33.9 Å². The number of nitrogens with zero attached hydrogens (tertiary/aromatic N) is 1. The van der Waals surface area contributed by atoms with Gasteiger partial charge in [0.1, 0.15) is 10.9 Å². The molecule has 0 spiro atoms. The SMILES string of the molecule is O=C(CN1C(=O)/C(=C\c2cccs2)SC1=S)NC1C=CS(=O)(=O)C1. The molecule has 6 nitrogen and oxygen atoms in total. The van der Waals surface area contributed by atoms with Gasteiger partial charge in [0.15, 0.2) is 9.84 Å². The smallest absolute Gasteiger partial charge is 0.266 e. The van der Waals surface area contributed by atoms with Crippen molar-refractivity contribution in [1.29, 1.82) is 0 Å². The Labute approximate surface area is 152 Å². The van der Waals surface area contributed by atoms with Gasteiger partial charge in [0.2, 0.25) is 5.91 Å². The minimum absolute atomic E-state index is 0.157. The number of amides is 2. The minimum atomic E-state index is -3.24. The van der Waals surface area contributed by atoms with Gasteiger partial charge in [-0.05, 0) is 23.6 Å². The normalized spacial score (nSPS) is 24.1. The summed E-state index contributed by atoms with van der Waals surface area (Å²) >= 11 is 7.82. The Morgan fingerprint density at radius 2 is 2.29 bits per heavy atom. The lowest BCUT2D eigenvalue weighted by molar-refractivity contribution is -0.128. The fourth-order valence-corrected chi connectivity index (χ4v) is 5.41. The van der Waals surface area contributed by atoms with E-state index in [1.54, 1.807) is 6.08 Å². The molecule has 0 bridgehead atoms. The predicted octanol–water partition coefficient (Wildman–Crippen LogP) is 1.38. The van der Waals surface area contributed by atoms with Gasteiger partial charge in [0, 0.05) is 10.3 Å². The van der Waals surface area contributed by atoms with E-state index in [9.17, 15) is 18.0 Å². The molecule has 0 saturated carbocycles. The van der Waals surface area contributed by atoms with E-state index in [2.05, 4.69) is 5.32 Å². The molecule has 3 heterocycles. The summed E-state index contributed by atoms with van der Waals surface area (Å²) in [6.45, 7) is -0.225. The van der Waals surface area contributed by atoms with Crippen LogP contribution < -0.4 is 5.32 Å². The van der Waals surface area contributed by atoms with Crippen LogP contribution in [0.2, 0.25) is 0 Å². The van der Waals surface area contributed by atoms with Crippen LogP contribution in [0.4, 0.5) is 0 Å². The van der Waals surface area contributed by atoms with Crippen molar-refractivity contribution >= 4 is 67.4 Å². The van der Waals surface area contributed by atoms with E-state index in [0.29, 0.717) is 9.23 Å². The average Bonchev–Trinajstić information content (AvgIpc) is 3.17. The van der Waals surface area contributed by atoms with Crippen molar-refractivity contribution in [2.45, 2.75) is 6.04 Å². The van der Waals surface area contributed by atoms with E-state index in [1.807, 2.05) is 17.5 Å². The molecule has 1 fully saturated rings. The summed E-state index contributed by atoms with van der Waals surface area (Å²) in [7, 11) is -3.24. The number of nitrogens with one attached hydrogen (secondary N) is 1. The molecule has 0 aliphatic carbocycles. The molecule has 24 heavy (non-hydrogen) atoms. The molecule has 1 saturated heterocycles. The largest absolute Gasteiger partial charge is 0.347 e. The Bertz CT molecular complexity index is 855. The third-order valence-corrected chi connectivity index (χ3v) is 6.86. The molecule has 2 aliphatic heterocycles. The molecule has 126 valence electrons. The van der Waals surface area contributed by atoms with Gasteiger partial charge >= 0.3 is 0 Å². The van der Waals surface area contributed by atoms with E-state index in [4.69, 9.17) is 12.2 Å². The zero-order chi connectivity index (χ0) is 17.3. The van der Waals surface area contributed by atoms with Gasteiger partial charge in [-0.2, -0.15) is 0 Å². The molecule has 1 aromatic heterocycles. The van der Waals surface area contributed by atoms with Gasteiger partial charge in [-0.3, -0.25) is 14.5 Å². The lowest BCUT2D eigenvalue weighted by atomic mass is 10.3. The first kappa shape index (κ1) is 17.3. The maximum Gasteiger partial charge on any atom is 0.266 e. The Morgan fingerprint density at radius 1 is 1.50 bits per heavy atom. The van der Waals surface area contributed by atoms with Crippen LogP contribution in [0.25, 0.3) is 6.08 Å². The summed E-state index contributed by atoms with van der Waals surface area (Å²) in [6.07, 6.45) is 3.17. The van der Waals surface area contributed by atoms with Gasteiger partial charge in [0.25, 0.3) is 5.91 Å². The molecular weight excluding hydrogens is 388 g/mol. The molecule has 1 N–H and O–H groups in total. The summed E-state index contributed by atoms with van der Waals surface area (Å²) in [5.74, 6) is -0.923. The van der Waals surface area contributed by atoms with Gasteiger partial charge < -0.3 is 5.32 Å². The molecular formula is C14H12N2O4S4. The number of carbonyl (C=O) groups excluding carboxylic acids is 2. The highest BCUT2D eigenvalue weighted by Crippen LogP contribution is 2.33. The number of rotatable bonds is 4. The summed E-state index contributed by atoms with van der Waals surface area (Å²) in [6, 6.07) is 3.20. The topological polar surface area (TPSA) is 83.6 Å². The van der Waals surface area contributed by atoms with Crippen molar-refractivity contribution in [1.82, 2.24) is 10.2 Å². The minimum Gasteiger partial charge on any atom is -0.347 e. The van der Waals surface area contributed by atoms with Crippen molar-refractivity contribution in [3.63, 3.8) is 0 Å². The first-order valence-electron chi connectivity index (χ1n) is 6.83. The van der Waals surface area contributed by atoms with Crippen molar-refractivity contribution in [2.24, 2.45) is 0 Å². The number of hydrogen-bond donors (Lipinski definition) is 1. The third-order valence-electron chi connectivity index (χ3n) is 3.27. The number of carbonyl (C=O) groups is 2. The van der Waals surface area contributed by atoms with Crippen LogP contribution in [0.3, 0.4) is 0 Å². The average molecular weight is 401 g/mol. The van der Waals surface area contributed by atoms with Crippen molar-refractivity contribution in [2.75, 3.05) is 12.3 Å². The zero-order valence-corrected chi connectivity index (χ0v) is 15.4. The highest BCUT2D eigenvalue weighted by atomic mass is 32.2. The van der Waals surface area contributed by atoms with Gasteiger partial charge in [0.05, 0.1) is 16.7 Å². The number of hydrogen-bond acceptors (Lipinski definition) is 7. The van der Waals surface area contributed by atoms with Crippen LogP contribution in [0.5, 0.6) is 0 Å². The lowest BCUT2D eigenvalue weighted by Gasteiger charge is -2.16. The number of sulfone groups is 1. The first-order valence-corrected chi connectivity index (χ1v) is 10.7. The van der Waals surface area contributed by atoms with Crippen LogP contribution in [-0.4, -0.2) is 47.8 Å². The van der Waals surface area contributed by atoms with E-state index in [0.717, 1.165) is 22.0 Å². The molecule has 3 rings (SSSR count). The number of thioether (sulfide) groups is 1. The van der Waals surface area contributed by atoms with Crippen molar-refractivity contribution in [3.05, 3.63) is 38.8 Å². The van der Waals surface area contributed by atoms with Crippen LogP contribution in [-0.2, 0) is 19.4 Å². The fourth-order valence-electron chi connectivity index (χ4n) is 2.20. The zero-order valence-electron chi connectivity index (χ0n) is 12.2. The van der Waals surface area contributed by atoms with Gasteiger partial charge in [-0.15, -0.1) is 11.3 Å². The molecule has 2 amide bonds. The van der Waals surface area contributed by atoms with Crippen LogP contribution in [0.1, 0.15) is 4.88 Å². The molecule has 0 aromatic carbocycles. The second kappa shape index (κ2) is 6.79. The molecule has 1 aromatic rings. The van der Waals surface area contributed by atoms with Crippen LogP contribution >= 0.6 is 35.3 Å². The van der Waals surface area contributed by atoms with E-state index < -0.39 is 21.8 Å². The monoisotopic (exact) mass is 400 g/mol. The standard InChI is InChI=1S/C14H12N2O4S4/c17-12(15-9-3-5-24(19,20)8-9)7-16-13(18)11(23-14(16)21)6-10-2-1-4-22-10/h1-6,9H,7-8H2,(H,15,17)/b11-6+. The summed E-state index contributed by atoms with van der Waals surface area (Å²) < 4.78 is 23.0. The highest BCUT2D eigenvalue weighted by molar-refractivity contribution is 8.26.